The van der Waals surface area contributed by atoms with Crippen LogP contribution in [0.1, 0.15) is 129 Å². The Morgan fingerprint density at radius 1 is 0.704 bits per heavy atom. The maximum atomic E-state index is 12.0. The fourth-order valence-electron chi connectivity index (χ4n) is 3.56. The number of unbranched alkanes of at least 4 members (excludes halogenated alkanes) is 12. The van der Waals surface area contributed by atoms with Crippen molar-refractivity contribution < 1.29 is 9.53 Å². The Kier molecular flexibility index (Phi) is 22.2. The summed E-state index contributed by atoms with van der Waals surface area (Å²) in [5.74, 6) is 0.610. The Morgan fingerprint density at radius 3 is 1.70 bits per heavy atom. The number of carbonyl (C=O) groups excluding carboxylic acids is 1. The normalized spacial score (nSPS) is 11.3. The van der Waals surface area contributed by atoms with Gasteiger partial charge in [-0.1, -0.05) is 113 Å². The average Bonchev–Trinajstić information content (AvgIpc) is 2.68. The molecule has 0 aromatic heterocycles. The van der Waals surface area contributed by atoms with Gasteiger partial charge in [-0.15, -0.1) is 0 Å². The largest absolute Gasteiger partial charge is 0.465 e. The monoisotopic (exact) mass is 446 g/mol. The Bertz CT molecular complexity index is 295. The second-order valence-electron chi connectivity index (χ2n) is 8.16. The topological polar surface area (TPSA) is 26.3 Å². The van der Waals surface area contributed by atoms with Crippen molar-refractivity contribution in [1.82, 2.24) is 0 Å². The summed E-state index contributed by atoms with van der Waals surface area (Å²) in [6.45, 7) is 5.17. The van der Waals surface area contributed by atoms with Crippen molar-refractivity contribution in [2.75, 3.05) is 11.9 Å². The second-order valence-corrected chi connectivity index (χ2v) is 8.95. The first kappa shape index (κ1) is 27.0. The molecule has 162 valence electrons. The van der Waals surface area contributed by atoms with E-state index in [1.165, 1.54) is 103 Å². The second kappa shape index (κ2) is 22.2. The number of esters is 1. The van der Waals surface area contributed by atoms with E-state index in [9.17, 15) is 4.79 Å². The minimum Gasteiger partial charge on any atom is -0.465 e. The summed E-state index contributed by atoms with van der Waals surface area (Å²) in [6.07, 6.45) is 22.2. The maximum absolute atomic E-state index is 12.0. The van der Waals surface area contributed by atoms with Crippen LogP contribution in [0.3, 0.4) is 0 Å². The van der Waals surface area contributed by atoms with Gasteiger partial charge in [-0.3, -0.25) is 4.79 Å². The molecule has 0 aliphatic rings. The molecule has 0 heterocycles. The molecule has 0 unspecified atom stereocenters. The van der Waals surface area contributed by atoms with Gasteiger partial charge in [0, 0.05) is 11.8 Å². The van der Waals surface area contributed by atoms with Crippen LogP contribution in [0.5, 0.6) is 0 Å². The number of carbonyl (C=O) groups is 1. The van der Waals surface area contributed by atoms with Crippen LogP contribution in [0.25, 0.3) is 0 Å². The molecule has 0 fully saturated rings. The van der Waals surface area contributed by atoms with Crippen LogP contribution in [-0.4, -0.2) is 17.9 Å². The zero-order valence-corrected chi connectivity index (χ0v) is 20.0. The van der Waals surface area contributed by atoms with Crippen LogP contribution in [-0.2, 0) is 9.53 Å². The molecule has 0 aromatic rings. The van der Waals surface area contributed by atoms with Gasteiger partial charge >= 0.3 is 5.97 Å². The third-order valence-corrected chi connectivity index (χ3v) is 5.99. The van der Waals surface area contributed by atoms with E-state index >= 15 is 0 Å². The van der Waals surface area contributed by atoms with Crippen molar-refractivity contribution in [1.29, 1.82) is 0 Å². The van der Waals surface area contributed by atoms with Gasteiger partial charge in [-0.05, 0) is 31.6 Å². The van der Waals surface area contributed by atoms with Crippen molar-refractivity contribution in [3.8, 4) is 0 Å². The Labute approximate surface area is 178 Å². The van der Waals surface area contributed by atoms with E-state index < -0.39 is 0 Å². The fraction of sp³-hybridized carbons (Fsp3) is 0.958. The van der Waals surface area contributed by atoms with E-state index in [-0.39, 0.29) is 5.97 Å². The molecule has 0 atom stereocenters. The van der Waals surface area contributed by atoms with Crippen LogP contribution in [0.15, 0.2) is 0 Å². The van der Waals surface area contributed by atoms with Crippen LogP contribution in [0, 0.1) is 5.92 Å². The van der Waals surface area contributed by atoms with Crippen molar-refractivity contribution in [3.05, 3.63) is 0 Å². The lowest BCUT2D eigenvalue weighted by Crippen LogP contribution is -2.14. The smallest absolute Gasteiger partial charge is 0.305 e. The van der Waals surface area contributed by atoms with Crippen molar-refractivity contribution in [2.45, 2.75) is 129 Å². The van der Waals surface area contributed by atoms with Crippen LogP contribution >= 0.6 is 15.9 Å². The number of hydrogen-bond donors (Lipinski definition) is 0. The minimum atomic E-state index is 0.0291. The first-order valence-electron chi connectivity index (χ1n) is 12.0. The highest BCUT2D eigenvalue weighted by molar-refractivity contribution is 9.09. The van der Waals surface area contributed by atoms with Crippen LogP contribution in [0.4, 0.5) is 0 Å². The standard InChI is InChI=1S/C24H47BrO2/c1-3-5-7-14-18-23(19-15-8-6-4-2)22-27-24(26)20-16-12-10-9-11-13-17-21-25/h23H,3-22H2,1-2H3. The number of ether oxygens (including phenoxy) is 1. The molecule has 0 saturated carbocycles. The molecule has 0 amide bonds. The fourth-order valence-corrected chi connectivity index (χ4v) is 3.96. The van der Waals surface area contributed by atoms with Gasteiger partial charge in [0.2, 0.25) is 0 Å². The molecule has 3 heteroatoms. The SMILES string of the molecule is CCCCCCC(CCCCCC)COC(=O)CCCCCCCCCBr. The van der Waals surface area contributed by atoms with Crippen molar-refractivity contribution in [2.24, 2.45) is 5.92 Å². The first-order chi connectivity index (χ1) is 13.2. The lowest BCUT2D eigenvalue weighted by atomic mass is 9.95. The van der Waals surface area contributed by atoms with E-state index in [2.05, 4.69) is 29.8 Å². The van der Waals surface area contributed by atoms with E-state index in [4.69, 9.17) is 4.74 Å². The average molecular weight is 448 g/mol. The minimum absolute atomic E-state index is 0.0291. The van der Waals surface area contributed by atoms with Crippen LogP contribution < -0.4 is 0 Å². The lowest BCUT2D eigenvalue weighted by molar-refractivity contribution is -0.145. The van der Waals surface area contributed by atoms with Crippen molar-refractivity contribution >= 4 is 21.9 Å². The van der Waals surface area contributed by atoms with E-state index in [1.807, 2.05) is 0 Å². The molecule has 0 aromatic carbocycles. The zero-order chi connectivity index (χ0) is 20.0. The molecule has 0 spiro atoms. The first-order valence-corrected chi connectivity index (χ1v) is 13.1. The molecule has 0 radical (unpaired) electrons. The highest BCUT2D eigenvalue weighted by Crippen LogP contribution is 2.19. The molecule has 0 aliphatic heterocycles. The van der Waals surface area contributed by atoms with E-state index in [1.54, 1.807) is 0 Å². The third-order valence-electron chi connectivity index (χ3n) is 5.43. The predicted octanol–water partition coefficient (Wildman–Crippen LogP) is 8.60. The quantitative estimate of drug-likeness (QED) is 0.100. The maximum Gasteiger partial charge on any atom is 0.305 e. The van der Waals surface area contributed by atoms with E-state index in [0.717, 1.165) is 11.8 Å². The Balaban J connectivity index is 3.79. The van der Waals surface area contributed by atoms with Gasteiger partial charge in [0.15, 0.2) is 0 Å². The summed E-state index contributed by atoms with van der Waals surface area (Å²) in [5.41, 5.74) is 0. The predicted molar refractivity (Wildman–Crippen MR) is 123 cm³/mol. The molecule has 2 nitrogen and oxygen atoms in total. The summed E-state index contributed by atoms with van der Waals surface area (Å²) in [6, 6.07) is 0. The summed E-state index contributed by atoms with van der Waals surface area (Å²) in [5, 5.41) is 1.12. The molecular weight excluding hydrogens is 400 g/mol. The number of hydrogen-bond acceptors (Lipinski definition) is 2. The highest BCUT2D eigenvalue weighted by atomic mass is 79.9. The van der Waals surface area contributed by atoms with Gasteiger partial charge in [-0.25, -0.2) is 0 Å². The lowest BCUT2D eigenvalue weighted by Gasteiger charge is -2.17. The van der Waals surface area contributed by atoms with Gasteiger partial charge in [-0.2, -0.15) is 0 Å². The molecule has 0 N–H and O–H groups in total. The van der Waals surface area contributed by atoms with E-state index in [0.29, 0.717) is 18.9 Å². The highest BCUT2D eigenvalue weighted by Gasteiger charge is 2.12. The summed E-state index contributed by atoms with van der Waals surface area (Å²) in [4.78, 5) is 12.0. The zero-order valence-electron chi connectivity index (χ0n) is 18.4. The summed E-state index contributed by atoms with van der Waals surface area (Å²) < 4.78 is 5.63. The van der Waals surface area contributed by atoms with Gasteiger partial charge in [0.05, 0.1) is 6.61 Å². The summed E-state index contributed by atoms with van der Waals surface area (Å²) >= 11 is 3.47. The number of rotatable bonds is 21. The molecule has 0 rings (SSSR count). The Hall–Kier alpha value is -0.0500. The number of alkyl halides is 1. The molecule has 0 saturated heterocycles. The van der Waals surface area contributed by atoms with Crippen molar-refractivity contribution in [3.63, 3.8) is 0 Å². The molecule has 0 bridgehead atoms. The van der Waals surface area contributed by atoms with Gasteiger partial charge < -0.3 is 4.74 Å². The third kappa shape index (κ3) is 20.5. The molecular formula is C24H47BrO2. The molecule has 27 heavy (non-hydrogen) atoms. The number of halogens is 1. The summed E-state index contributed by atoms with van der Waals surface area (Å²) in [7, 11) is 0. The van der Waals surface area contributed by atoms with Crippen LogP contribution in [0.2, 0.25) is 0 Å². The molecule has 0 aliphatic carbocycles. The van der Waals surface area contributed by atoms with Gasteiger partial charge in [0.25, 0.3) is 0 Å². The van der Waals surface area contributed by atoms with Gasteiger partial charge in [0.1, 0.15) is 0 Å². The Morgan fingerprint density at radius 2 is 1.19 bits per heavy atom.